The Hall–Kier alpha value is -2.27. The summed E-state index contributed by atoms with van der Waals surface area (Å²) in [4.78, 5) is 11.9. The lowest BCUT2D eigenvalue weighted by molar-refractivity contribution is -0.117. The lowest BCUT2D eigenvalue weighted by Gasteiger charge is -2.14. The molecule has 0 aliphatic rings. The zero-order chi connectivity index (χ0) is 15.2. The summed E-state index contributed by atoms with van der Waals surface area (Å²) in [6.45, 7) is 2.10. The zero-order valence-electron chi connectivity index (χ0n) is 11.6. The molecule has 0 fully saturated rings. The van der Waals surface area contributed by atoms with Crippen LogP contribution in [-0.2, 0) is 11.3 Å². The Bertz CT molecular complexity index is 614. The lowest BCUT2D eigenvalue weighted by atomic mass is 10.2. The Morgan fingerprint density at radius 2 is 1.76 bits per heavy atom. The highest BCUT2D eigenvalue weighted by molar-refractivity contribution is 5.94. The van der Waals surface area contributed by atoms with Crippen molar-refractivity contribution in [2.24, 2.45) is 0 Å². The molecule has 2 aromatic carbocycles. The molecule has 0 radical (unpaired) electrons. The second-order valence-electron chi connectivity index (χ2n) is 4.70. The van der Waals surface area contributed by atoms with Crippen LogP contribution in [0.1, 0.15) is 12.5 Å². The van der Waals surface area contributed by atoms with E-state index in [4.69, 9.17) is 0 Å². The van der Waals surface area contributed by atoms with Gasteiger partial charge >= 0.3 is 0 Å². The van der Waals surface area contributed by atoms with Gasteiger partial charge in [-0.05, 0) is 36.8 Å². The third kappa shape index (κ3) is 4.36. The SMILES string of the molecule is C[C@@H](NCc1ccc(F)cc1)C(=O)Nc1ccccc1F. The number of halogens is 2. The van der Waals surface area contributed by atoms with Crippen molar-refractivity contribution in [1.29, 1.82) is 0 Å². The molecule has 1 amide bonds. The normalized spacial score (nSPS) is 12.0. The topological polar surface area (TPSA) is 41.1 Å². The van der Waals surface area contributed by atoms with E-state index in [1.807, 2.05) is 0 Å². The van der Waals surface area contributed by atoms with Crippen molar-refractivity contribution in [1.82, 2.24) is 5.32 Å². The maximum absolute atomic E-state index is 13.4. The Balaban J connectivity index is 1.88. The number of hydrogen-bond acceptors (Lipinski definition) is 2. The van der Waals surface area contributed by atoms with Gasteiger partial charge in [0.05, 0.1) is 11.7 Å². The molecule has 0 saturated heterocycles. The van der Waals surface area contributed by atoms with Crippen LogP contribution in [-0.4, -0.2) is 11.9 Å². The fourth-order valence-corrected chi connectivity index (χ4v) is 1.77. The molecule has 0 saturated carbocycles. The van der Waals surface area contributed by atoms with Gasteiger partial charge in [0.1, 0.15) is 11.6 Å². The Labute approximate surface area is 122 Å². The predicted molar refractivity (Wildman–Crippen MR) is 77.7 cm³/mol. The first-order chi connectivity index (χ1) is 10.1. The van der Waals surface area contributed by atoms with Gasteiger partial charge in [-0.25, -0.2) is 8.78 Å². The number of para-hydroxylation sites is 1. The van der Waals surface area contributed by atoms with Gasteiger partial charge in [-0.2, -0.15) is 0 Å². The first-order valence-corrected chi connectivity index (χ1v) is 6.59. The van der Waals surface area contributed by atoms with Crippen LogP contribution in [0.3, 0.4) is 0 Å². The van der Waals surface area contributed by atoms with Crippen LogP contribution >= 0.6 is 0 Å². The standard InChI is InChI=1S/C16H16F2N2O/c1-11(19-10-12-6-8-13(17)9-7-12)16(21)20-15-5-3-2-4-14(15)18/h2-9,11,19H,10H2,1H3,(H,20,21)/t11-/m1/s1. The average Bonchev–Trinajstić information content (AvgIpc) is 2.48. The molecule has 2 N–H and O–H groups in total. The summed E-state index contributed by atoms with van der Waals surface area (Å²) in [6, 6.07) is 11.5. The summed E-state index contributed by atoms with van der Waals surface area (Å²) in [7, 11) is 0. The van der Waals surface area contributed by atoms with Crippen LogP contribution in [0.5, 0.6) is 0 Å². The highest BCUT2D eigenvalue weighted by atomic mass is 19.1. The van der Waals surface area contributed by atoms with E-state index in [2.05, 4.69) is 10.6 Å². The van der Waals surface area contributed by atoms with Gasteiger partial charge in [0, 0.05) is 6.54 Å². The average molecular weight is 290 g/mol. The first-order valence-electron chi connectivity index (χ1n) is 6.59. The number of carbonyl (C=O) groups excluding carboxylic acids is 1. The van der Waals surface area contributed by atoms with E-state index >= 15 is 0 Å². The molecule has 1 atom stereocenters. The number of amides is 1. The minimum Gasteiger partial charge on any atom is -0.322 e. The number of nitrogens with one attached hydrogen (secondary N) is 2. The second-order valence-corrected chi connectivity index (χ2v) is 4.70. The molecule has 0 heterocycles. The van der Waals surface area contributed by atoms with Gasteiger partial charge in [-0.3, -0.25) is 4.79 Å². The Morgan fingerprint density at radius 3 is 2.43 bits per heavy atom. The first kappa shape index (κ1) is 15.1. The van der Waals surface area contributed by atoms with E-state index in [0.717, 1.165) is 5.56 Å². The number of rotatable bonds is 5. The van der Waals surface area contributed by atoms with Gasteiger partial charge in [-0.15, -0.1) is 0 Å². The van der Waals surface area contributed by atoms with Gasteiger partial charge < -0.3 is 10.6 Å². The van der Waals surface area contributed by atoms with Crippen LogP contribution in [0.2, 0.25) is 0 Å². The van der Waals surface area contributed by atoms with Crippen LogP contribution < -0.4 is 10.6 Å². The lowest BCUT2D eigenvalue weighted by Crippen LogP contribution is -2.37. The number of anilines is 1. The molecule has 0 bridgehead atoms. The smallest absolute Gasteiger partial charge is 0.241 e. The predicted octanol–water partition coefficient (Wildman–Crippen LogP) is 3.08. The van der Waals surface area contributed by atoms with Crippen LogP contribution in [0.15, 0.2) is 48.5 Å². The quantitative estimate of drug-likeness (QED) is 0.888. The van der Waals surface area contributed by atoms with E-state index in [1.165, 1.54) is 24.3 Å². The van der Waals surface area contributed by atoms with Gasteiger partial charge in [0.15, 0.2) is 0 Å². The van der Waals surface area contributed by atoms with Crippen LogP contribution in [0.25, 0.3) is 0 Å². The summed E-state index contributed by atoms with van der Waals surface area (Å²) in [6.07, 6.45) is 0. The molecule has 2 rings (SSSR count). The fourth-order valence-electron chi connectivity index (χ4n) is 1.77. The largest absolute Gasteiger partial charge is 0.322 e. The van der Waals surface area contributed by atoms with E-state index in [-0.39, 0.29) is 17.4 Å². The van der Waals surface area contributed by atoms with Gasteiger partial charge in [0.2, 0.25) is 5.91 Å². The highest BCUT2D eigenvalue weighted by Crippen LogP contribution is 2.12. The molecule has 0 unspecified atom stereocenters. The van der Waals surface area contributed by atoms with E-state index < -0.39 is 11.9 Å². The maximum atomic E-state index is 13.4. The summed E-state index contributed by atoms with van der Waals surface area (Å²) >= 11 is 0. The van der Waals surface area contributed by atoms with E-state index in [9.17, 15) is 13.6 Å². The molecule has 5 heteroatoms. The Kier molecular flexibility index (Phi) is 5.00. The molecule has 110 valence electrons. The molecule has 21 heavy (non-hydrogen) atoms. The van der Waals surface area contributed by atoms with Crippen molar-refractivity contribution < 1.29 is 13.6 Å². The van der Waals surface area contributed by atoms with E-state index in [1.54, 1.807) is 31.2 Å². The van der Waals surface area contributed by atoms with Crippen LogP contribution in [0.4, 0.5) is 14.5 Å². The van der Waals surface area contributed by atoms with Crippen molar-refractivity contribution in [2.45, 2.75) is 19.5 Å². The van der Waals surface area contributed by atoms with Gasteiger partial charge in [-0.1, -0.05) is 24.3 Å². The third-order valence-corrected chi connectivity index (χ3v) is 3.05. The molecule has 0 aliphatic carbocycles. The Morgan fingerprint density at radius 1 is 1.10 bits per heavy atom. The van der Waals surface area contributed by atoms with Crippen molar-refractivity contribution in [3.8, 4) is 0 Å². The molecular weight excluding hydrogens is 274 g/mol. The van der Waals surface area contributed by atoms with Crippen molar-refractivity contribution in [2.75, 3.05) is 5.32 Å². The maximum Gasteiger partial charge on any atom is 0.241 e. The van der Waals surface area contributed by atoms with Crippen molar-refractivity contribution in [3.63, 3.8) is 0 Å². The molecule has 0 aliphatic heterocycles. The highest BCUT2D eigenvalue weighted by Gasteiger charge is 2.13. The van der Waals surface area contributed by atoms with E-state index in [0.29, 0.717) is 6.54 Å². The van der Waals surface area contributed by atoms with Crippen LogP contribution in [0, 0.1) is 11.6 Å². The molecule has 2 aromatic rings. The summed E-state index contributed by atoms with van der Waals surface area (Å²) in [5.41, 5.74) is 1.01. The number of benzene rings is 2. The third-order valence-electron chi connectivity index (χ3n) is 3.05. The molecule has 0 spiro atoms. The van der Waals surface area contributed by atoms with Crippen molar-refractivity contribution >= 4 is 11.6 Å². The monoisotopic (exact) mass is 290 g/mol. The summed E-state index contributed by atoms with van der Waals surface area (Å²) in [5, 5.41) is 5.52. The second kappa shape index (κ2) is 6.95. The summed E-state index contributed by atoms with van der Waals surface area (Å²) in [5.74, 6) is -1.11. The zero-order valence-corrected chi connectivity index (χ0v) is 11.6. The molecule has 0 aromatic heterocycles. The fraction of sp³-hybridized carbons (Fsp3) is 0.188. The molecular formula is C16H16F2N2O. The number of carbonyl (C=O) groups is 1. The molecule has 3 nitrogen and oxygen atoms in total. The minimum absolute atomic E-state index is 0.151. The van der Waals surface area contributed by atoms with Gasteiger partial charge in [0.25, 0.3) is 0 Å². The number of hydrogen-bond donors (Lipinski definition) is 2. The summed E-state index contributed by atoms with van der Waals surface area (Å²) < 4.78 is 26.2. The minimum atomic E-state index is -0.505. The van der Waals surface area contributed by atoms with Crippen molar-refractivity contribution in [3.05, 3.63) is 65.7 Å².